The van der Waals surface area contributed by atoms with Gasteiger partial charge in [-0.3, -0.25) is 4.79 Å². The van der Waals surface area contributed by atoms with E-state index >= 15 is 0 Å². The summed E-state index contributed by atoms with van der Waals surface area (Å²) in [7, 11) is 1.70. The molecule has 1 fully saturated rings. The quantitative estimate of drug-likeness (QED) is 0.779. The minimum absolute atomic E-state index is 0.253. The fourth-order valence-electron chi connectivity index (χ4n) is 2.74. The van der Waals surface area contributed by atoms with Crippen LogP contribution in [-0.2, 0) is 4.79 Å². The van der Waals surface area contributed by atoms with Crippen LogP contribution in [0.5, 0.6) is 5.75 Å². The van der Waals surface area contributed by atoms with Crippen molar-refractivity contribution in [2.24, 2.45) is 0 Å². The molecule has 5 heteroatoms. The summed E-state index contributed by atoms with van der Waals surface area (Å²) in [6.07, 6.45) is 1.69. The maximum Gasteiger partial charge on any atom is 0.223 e. The summed E-state index contributed by atoms with van der Waals surface area (Å²) in [4.78, 5) is 16.4. The molecule has 0 bridgehead atoms. The van der Waals surface area contributed by atoms with Crippen molar-refractivity contribution in [2.45, 2.75) is 19.8 Å². The molecule has 1 aromatic rings. The lowest BCUT2D eigenvalue weighted by Crippen LogP contribution is -2.49. The average Bonchev–Trinajstić information content (AvgIpc) is 2.58. The second-order valence-electron chi connectivity index (χ2n) is 5.54. The van der Waals surface area contributed by atoms with Crippen molar-refractivity contribution in [1.29, 1.82) is 0 Å². The van der Waals surface area contributed by atoms with E-state index in [1.54, 1.807) is 7.11 Å². The van der Waals surface area contributed by atoms with E-state index in [2.05, 4.69) is 23.2 Å². The van der Waals surface area contributed by atoms with Gasteiger partial charge in [0.2, 0.25) is 5.91 Å². The number of ether oxygens (including phenoxy) is 1. The van der Waals surface area contributed by atoms with Crippen molar-refractivity contribution >= 4 is 11.6 Å². The van der Waals surface area contributed by atoms with Crippen LogP contribution >= 0.6 is 0 Å². The Morgan fingerprint density at radius 1 is 1.18 bits per heavy atom. The van der Waals surface area contributed by atoms with Crippen LogP contribution in [0, 0.1) is 0 Å². The molecule has 122 valence electrons. The molecule has 0 radical (unpaired) electrons. The third-order valence-corrected chi connectivity index (χ3v) is 4.00. The van der Waals surface area contributed by atoms with Gasteiger partial charge in [0.05, 0.1) is 12.8 Å². The molecule has 0 aromatic heterocycles. The van der Waals surface area contributed by atoms with Gasteiger partial charge in [-0.25, -0.2) is 0 Å². The molecule has 5 nitrogen and oxygen atoms in total. The molecule has 1 aliphatic rings. The van der Waals surface area contributed by atoms with E-state index in [1.165, 1.54) is 0 Å². The number of anilines is 1. The predicted molar refractivity (Wildman–Crippen MR) is 89.6 cm³/mol. The number of amides is 1. The lowest BCUT2D eigenvalue weighted by Gasteiger charge is -2.36. The summed E-state index contributed by atoms with van der Waals surface area (Å²) < 4.78 is 5.42. The van der Waals surface area contributed by atoms with Gasteiger partial charge in [0, 0.05) is 39.1 Å². The summed E-state index contributed by atoms with van der Waals surface area (Å²) in [5.74, 6) is 1.15. The Labute approximate surface area is 133 Å². The van der Waals surface area contributed by atoms with E-state index in [0.29, 0.717) is 6.42 Å². The second kappa shape index (κ2) is 8.63. The first-order valence-corrected chi connectivity index (χ1v) is 8.12. The van der Waals surface area contributed by atoms with Gasteiger partial charge in [0.25, 0.3) is 0 Å². The topological polar surface area (TPSA) is 44.8 Å². The largest absolute Gasteiger partial charge is 0.495 e. The Bertz CT molecular complexity index is 471. The number of rotatable bonds is 7. The summed E-state index contributed by atoms with van der Waals surface area (Å²) in [5.41, 5.74) is 1.11. The zero-order valence-electron chi connectivity index (χ0n) is 13.7. The van der Waals surface area contributed by atoms with E-state index in [4.69, 9.17) is 4.74 Å². The minimum atomic E-state index is 0.253. The van der Waals surface area contributed by atoms with Crippen molar-refractivity contribution in [3.8, 4) is 5.75 Å². The molecule has 0 unspecified atom stereocenters. The summed E-state index contributed by atoms with van der Waals surface area (Å²) in [6, 6.07) is 8.05. The fraction of sp³-hybridized carbons (Fsp3) is 0.588. The third kappa shape index (κ3) is 4.37. The molecule has 2 rings (SSSR count). The van der Waals surface area contributed by atoms with Crippen LogP contribution in [0.25, 0.3) is 0 Å². The Morgan fingerprint density at radius 3 is 2.59 bits per heavy atom. The smallest absolute Gasteiger partial charge is 0.223 e. The summed E-state index contributed by atoms with van der Waals surface area (Å²) in [5, 5.41) is 3.28. The molecule has 1 saturated heterocycles. The van der Waals surface area contributed by atoms with Crippen molar-refractivity contribution < 1.29 is 9.53 Å². The van der Waals surface area contributed by atoms with Gasteiger partial charge < -0.3 is 19.9 Å². The van der Waals surface area contributed by atoms with Gasteiger partial charge in [-0.05, 0) is 25.1 Å². The van der Waals surface area contributed by atoms with Gasteiger partial charge in [-0.1, -0.05) is 19.1 Å². The Morgan fingerprint density at radius 2 is 1.91 bits per heavy atom. The SMILES string of the molecule is CCCNCCC(=O)N1CCN(c2ccccc2OC)CC1. The van der Waals surface area contributed by atoms with E-state index in [1.807, 2.05) is 23.1 Å². The second-order valence-corrected chi connectivity index (χ2v) is 5.54. The molecule has 22 heavy (non-hydrogen) atoms. The zero-order chi connectivity index (χ0) is 15.8. The van der Waals surface area contributed by atoms with Crippen molar-refractivity contribution in [3.05, 3.63) is 24.3 Å². The third-order valence-electron chi connectivity index (χ3n) is 4.00. The van der Waals surface area contributed by atoms with Gasteiger partial charge in [-0.2, -0.15) is 0 Å². The number of benzene rings is 1. The number of piperazine rings is 1. The van der Waals surface area contributed by atoms with Crippen molar-refractivity contribution in [3.63, 3.8) is 0 Å². The monoisotopic (exact) mass is 305 g/mol. The molecule has 0 saturated carbocycles. The number of carbonyl (C=O) groups excluding carboxylic acids is 1. The van der Waals surface area contributed by atoms with Gasteiger partial charge in [0.15, 0.2) is 0 Å². The molecule has 1 amide bonds. The van der Waals surface area contributed by atoms with Crippen LogP contribution in [-0.4, -0.2) is 57.2 Å². The summed E-state index contributed by atoms with van der Waals surface area (Å²) in [6.45, 7) is 7.17. The minimum Gasteiger partial charge on any atom is -0.495 e. The number of para-hydroxylation sites is 2. The molecule has 1 heterocycles. The number of methoxy groups -OCH3 is 1. The van der Waals surface area contributed by atoms with Crippen LogP contribution in [0.1, 0.15) is 19.8 Å². The van der Waals surface area contributed by atoms with Crippen LogP contribution in [0.4, 0.5) is 5.69 Å². The average molecular weight is 305 g/mol. The molecule has 0 spiro atoms. The van der Waals surface area contributed by atoms with Gasteiger partial charge in [-0.15, -0.1) is 0 Å². The molecule has 1 N–H and O–H groups in total. The molecular weight excluding hydrogens is 278 g/mol. The zero-order valence-corrected chi connectivity index (χ0v) is 13.7. The van der Waals surface area contributed by atoms with E-state index in [-0.39, 0.29) is 5.91 Å². The number of carbonyl (C=O) groups is 1. The highest BCUT2D eigenvalue weighted by molar-refractivity contribution is 5.76. The number of nitrogens with one attached hydrogen (secondary N) is 1. The van der Waals surface area contributed by atoms with Crippen LogP contribution in [0.3, 0.4) is 0 Å². The highest BCUT2D eigenvalue weighted by Gasteiger charge is 2.22. The van der Waals surface area contributed by atoms with E-state index in [9.17, 15) is 4.79 Å². The predicted octanol–water partition coefficient (Wildman–Crippen LogP) is 1.73. The van der Waals surface area contributed by atoms with Crippen LogP contribution < -0.4 is 15.0 Å². The lowest BCUT2D eigenvalue weighted by atomic mass is 10.2. The van der Waals surface area contributed by atoms with Crippen LogP contribution in [0.2, 0.25) is 0 Å². The highest BCUT2D eigenvalue weighted by Crippen LogP contribution is 2.28. The molecule has 1 aromatic carbocycles. The number of hydrogen-bond donors (Lipinski definition) is 1. The molecular formula is C17H27N3O2. The first kappa shape index (κ1) is 16.6. The van der Waals surface area contributed by atoms with E-state index < -0.39 is 0 Å². The maximum absolute atomic E-state index is 12.2. The molecule has 1 aliphatic heterocycles. The Kier molecular flexibility index (Phi) is 6.52. The van der Waals surface area contributed by atoms with Crippen molar-refractivity contribution in [2.75, 3.05) is 51.3 Å². The van der Waals surface area contributed by atoms with Crippen molar-refractivity contribution in [1.82, 2.24) is 10.2 Å². The Balaban J connectivity index is 1.81. The fourth-order valence-corrected chi connectivity index (χ4v) is 2.74. The lowest BCUT2D eigenvalue weighted by molar-refractivity contribution is -0.131. The number of hydrogen-bond acceptors (Lipinski definition) is 4. The molecule has 0 atom stereocenters. The number of nitrogens with zero attached hydrogens (tertiary/aromatic N) is 2. The van der Waals surface area contributed by atoms with Gasteiger partial charge >= 0.3 is 0 Å². The van der Waals surface area contributed by atoms with Gasteiger partial charge in [0.1, 0.15) is 5.75 Å². The maximum atomic E-state index is 12.2. The standard InChI is InChI=1S/C17H27N3O2/c1-3-9-18-10-8-17(21)20-13-11-19(12-14-20)15-6-4-5-7-16(15)22-2/h4-7,18H,3,8-14H2,1-2H3. The Hall–Kier alpha value is -1.75. The summed E-state index contributed by atoms with van der Waals surface area (Å²) >= 11 is 0. The first-order valence-electron chi connectivity index (χ1n) is 8.12. The van der Waals surface area contributed by atoms with Crippen LogP contribution in [0.15, 0.2) is 24.3 Å². The molecule has 0 aliphatic carbocycles. The van der Waals surface area contributed by atoms with E-state index in [0.717, 1.165) is 57.1 Å². The first-order chi connectivity index (χ1) is 10.8. The normalized spacial score (nSPS) is 15.0. The highest BCUT2D eigenvalue weighted by atomic mass is 16.5.